The van der Waals surface area contributed by atoms with Gasteiger partial charge >= 0.3 is 0 Å². The molecule has 0 saturated carbocycles. The Hall–Kier alpha value is -1.34. The third-order valence-electron chi connectivity index (χ3n) is 2.93. The Morgan fingerprint density at radius 3 is 2.43 bits per heavy atom. The summed E-state index contributed by atoms with van der Waals surface area (Å²) in [4.78, 5) is 13.9. The number of nitrogens with one attached hydrogen (secondary N) is 1. The number of nitrogens with zero attached hydrogens (tertiary/aromatic N) is 1. The number of furan rings is 1. The van der Waals surface area contributed by atoms with Crippen molar-refractivity contribution in [3.63, 3.8) is 0 Å². The van der Waals surface area contributed by atoms with Crippen molar-refractivity contribution < 1.29 is 17.6 Å². The van der Waals surface area contributed by atoms with Crippen molar-refractivity contribution >= 4 is 15.9 Å². The molecule has 1 aromatic rings. The van der Waals surface area contributed by atoms with E-state index in [9.17, 15) is 13.2 Å². The number of amides is 1. The molecule has 6 nitrogen and oxygen atoms in total. The van der Waals surface area contributed by atoms with Gasteiger partial charge in [-0.1, -0.05) is 13.8 Å². The van der Waals surface area contributed by atoms with Crippen LogP contribution in [-0.4, -0.2) is 38.6 Å². The summed E-state index contributed by atoms with van der Waals surface area (Å²) in [5, 5.41) is 0. The minimum absolute atomic E-state index is 0.201. The standard InChI is InChI=1S/C14H24N2O4S/c1-10(2)8-13(15-21(5,18)19)14(17)16(4)9-12-7-6-11(3)20-12/h6-7,10,13,15H,8-9H2,1-5H3/t13-/m0/s1. The van der Waals surface area contributed by atoms with Crippen LogP contribution in [0, 0.1) is 12.8 Å². The van der Waals surface area contributed by atoms with E-state index in [-0.39, 0.29) is 11.8 Å². The molecule has 0 saturated heterocycles. The molecule has 1 aromatic heterocycles. The van der Waals surface area contributed by atoms with Gasteiger partial charge in [0.1, 0.15) is 17.6 Å². The van der Waals surface area contributed by atoms with Gasteiger partial charge in [-0.2, -0.15) is 0 Å². The van der Waals surface area contributed by atoms with E-state index in [2.05, 4.69) is 4.72 Å². The summed E-state index contributed by atoms with van der Waals surface area (Å²) < 4.78 is 30.7. The molecule has 1 rings (SSSR count). The van der Waals surface area contributed by atoms with Crippen molar-refractivity contribution in [2.45, 2.75) is 39.8 Å². The maximum absolute atomic E-state index is 12.4. The molecule has 0 aliphatic heterocycles. The molecule has 0 aliphatic rings. The fourth-order valence-corrected chi connectivity index (χ4v) is 2.79. The highest BCUT2D eigenvalue weighted by Gasteiger charge is 2.26. The lowest BCUT2D eigenvalue weighted by Gasteiger charge is -2.24. The molecule has 0 aliphatic carbocycles. The van der Waals surface area contributed by atoms with Gasteiger partial charge in [0.05, 0.1) is 12.8 Å². The zero-order chi connectivity index (χ0) is 16.2. The van der Waals surface area contributed by atoms with E-state index in [1.165, 1.54) is 4.90 Å². The summed E-state index contributed by atoms with van der Waals surface area (Å²) in [7, 11) is -1.80. The van der Waals surface area contributed by atoms with Gasteiger partial charge in [0.15, 0.2) is 0 Å². The van der Waals surface area contributed by atoms with E-state index >= 15 is 0 Å². The van der Waals surface area contributed by atoms with E-state index in [0.29, 0.717) is 18.7 Å². The Labute approximate surface area is 126 Å². The average Bonchev–Trinajstić information content (AvgIpc) is 2.70. The van der Waals surface area contributed by atoms with Gasteiger partial charge in [0, 0.05) is 7.05 Å². The highest BCUT2D eigenvalue weighted by molar-refractivity contribution is 7.88. The fraction of sp³-hybridized carbons (Fsp3) is 0.643. The van der Waals surface area contributed by atoms with E-state index in [0.717, 1.165) is 12.0 Å². The fourth-order valence-electron chi connectivity index (χ4n) is 2.08. The van der Waals surface area contributed by atoms with Crippen LogP contribution in [-0.2, 0) is 21.4 Å². The lowest BCUT2D eigenvalue weighted by molar-refractivity contribution is -0.132. The van der Waals surface area contributed by atoms with Crippen LogP contribution in [0.1, 0.15) is 31.8 Å². The van der Waals surface area contributed by atoms with Crippen LogP contribution in [0.15, 0.2) is 16.5 Å². The Morgan fingerprint density at radius 2 is 2.00 bits per heavy atom. The predicted octanol–water partition coefficient (Wildman–Crippen LogP) is 1.51. The van der Waals surface area contributed by atoms with Gasteiger partial charge in [-0.25, -0.2) is 13.1 Å². The van der Waals surface area contributed by atoms with E-state index in [4.69, 9.17) is 4.42 Å². The number of sulfonamides is 1. The molecule has 7 heteroatoms. The van der Waals surface area contributed by atoms with Gasteiger partial charge < -0.3 is 9.32 Å². The second-order valence-corrected chi connectivity index (χ2v) is 7.56. The second kappa shape index (κ2) is 7.09. The van der Waals surface area contributed by atoms with E-state index < -0.39 is 16.1 Å². The van der Waals surface area contributed by atoms with Crippen molar-refractivity contribution in [2.24, 2.45) is 5.92 Å². The molecule has 1 heterocycles. The summed E-state index contributed by atoms with van der Waals surface area (Å²) in [6, 6.07) is 2.88. The van der Waals surface area contributed by atoms with Gasteiger partial charge in [-0.05, 0) is 31.4 Å². The first-order chi connectivity index (χ1) is 9.58. The second-order valence-electron chi connectivity index (χ2n) is 5.78. The van der Waals surface area contributed by atoms with Gasteiger partial charge in [-0.15, -0.1) is 0 Å². The molecule has 120 valence electrons. The molecule has 0 spiro atoms. The van der Waals surface area contributed by atoms with E-state index in [1.807, 2.05) is 26.8 Å². The van der Waals surface area contributed by atoms with Crippen molar-refractivity contribution in [3.8, 4) is 0 Å². The quantitative estimate of drug-likeness (QED) is 0.827. The van der Waals surface area contributed by atoms with Gasteiger partial charge in [-0.3, -0.25) is 4.79 Å². The maximum Gasteiger partial charge on any atom is 0.240 e. The van der Waals surface area contributed by atoms with Gasteiger partial charge in [0.25, 0.3) is 0 Å². The first kappa shape index (κ1) is 17.7. The zero-order valence-corrected chi connectivity index (χ0v) is 14.0. The van der Waals surface area contributed by atoms with Crippen molar-refractivity contribution in [2.75, 3.05) is 13.3 Å². The van der Waals surface area contributed by atoms with Crippen LogP contribution in [0.25, 0.3) is 0 Å². The third-order valence-corrected chi connectivity index (χ3v) is 3.64. The summed E-state index contributed by atoms with van der Waals surface area (Å²) in [6.07, 6.45) is 1.51. The summed E-state index contributed by atoms with van der Waals surface area (Å²) in [5.74, 6) is 1.39. The Kier molecular flexibility index (Phi) is 5.98. The van der Waals surface area contributed by atoms with Crippen LogP contribution in [0.3, 0.4) is 0 Å². The molecule has 1 N–H and O–H groups in total. The number of hydrogen-bond acceptors (Lipinski definition) is 4. The Balaban J connectivity index is 2.78. The largest absolute Gasteiger partial charge is 0.464 e. The Morgan fingerprint density at radius 1 is 1.38 bits per heavy atom. The van der Waals surface area contributed by atoms with Crippen molar-refractivity contribution in [3.05, 3.63) is 23.7 Å². The summed E-state index contributed by atoms with van der Waals surface area (Å²) >= 11 is 0. The van der Waals surface area contributed by atoms with E-state index in [1.54, 1.807) is 13.1 Å². The molecule has 0 bridgehead atoms. The predicted molar refractivity (Wildman–Crippen MR) is 81.1 cm³/mol. The number of carbonyl (C=O) groups is 1. The summed E-state index contributed by atoms with van der Waals surface area (Å²) in [6.45, 7) is 6.03. The number of likely N-dealkylation sites (N-methyl/N-ethyl adjacent to an activating group) is 1. The molecule has 0 aromatic carbocycles. The normalized spacial score (nSPS) is 13.4. The number of carbonyl (C=O) groups excluding carboxylic acids is 1. The SMILES string of the molecule is Cc1ccc(CN(C)C(=O)[C@H](CC(C)C)NS(C)(=O)=O)o1. The molecule has 0 unspecified atom stereocenters. The minimum Gasteiger partial charge on any atom is -0.464 e. The molecule has 21 heavy (non-hydrogen) atoms. The highest BCUT2D eigenvalue weighted by atomic mass is 32.2. The Bertz CT molecular complexity index is 578. The topological polar surface area (TPSA) is 79.6 Å². The van der Waals surface area contributed by atoms with Crippen molar-refractivity contribution in [1.29, 1.82) is 0 Å². The smallest absolute Gasteiger partial charge is 0.240 e. The van der Waals surface area contributed by atoms with Crippen molar-refractivity contribution in [1.82, 2.24) is 9.62 Å². The molecule has 1 amide bonds. The number of rotatable bonds is 7. The lowest BCUT2D eigenvalue weighted by atomic mass is 10.0. The lowest BCUT2D eigenvalue weighted by Crippen LogP contribution is -2.47. The molecule has 1 atom stereocenters. The number of hydrogen-bond donors (Lipinski definition) is 1. The van der Waals surface area contributed by atoms with Crippen LogP contribution in [0.5, 0.6) is 0 Å². The van der Waals surface area contributed by atoms with Crippen LogP contribution in [0.2, 0.25) is 0 Å². The highest BCUT2D eigenvalue weighted by Crippen LogP contribution is 2.12. The first-order valence-corrected chi connectivity index (χ1v) is 8.75. The summed E-state index contributed by atoms with van der Waals surface area (Å²) in [5.41, 5.74) is 0. The number of aryl methyl sites for hydroxylation is 1. The van der Waals surface area contributed by atoms with Crippen LogP contribution in [0.4, 0.5) is 0 Å². The molecule has 0 fully saturated rings. The maximum atomic E-state index is 12.4. The molecular weight excluding hydrogens is 292 g/mol. The molecule has 0 radical (unpaired) electrons. The monoisotopic (exact) mass is 316 g/mol. The average molecular weight is 316 g/mol. The third kappa shape index (κ3) is 6.31. The van der Waals surface area contributed by atoms with Gasteiger partial charge in [0.2, 0.25) is 15.9 Å². The first-order valence-electron chi connectivity index (χ1n) is 6.86. The van der Waals surface area contributed by atoms with Crippen LogP contribution < -0.4 is 4.72 Å². The van der Waals surface area contributed by atoms with Crippen LogP contribution >= 0.6 is 0 Å². The molecular formula is C14H24N2O4S. The zero-order valence-electron chi connectivity index (χ0n) is 13.2. The minimum atomic E-state index is -3.44.